The normalized spacial score (nSPS) is 10.9. The molecule has 0 radical (unpaired) electrons. The lowest BCUT2D eigenvalue weighted by atomic mass is 10.1. The lowest BCUT2D eigenvalue weighted by molar-refractivity contribution is 0.752. The van der Waals surface area contributed by atoms with E-state index in [-0.39, 0.29) is 0 Å². The summed E-state index contributed by atoms with van der Waals surface area (Å²) < 4.78 is 2.12. The number of nitriles is 1. The largest absolute Gasteiger partial charge is 0.336 e. The number of rotatable bonds is 5. The second kappa shape index (κ2) is 6.85. The van der Waals surface area contributed by atoms with Crippen LogP contribution in [0.3, 0.4) is 0 Å². The van der Waals surface area contributed by atoms with Gasteiger partial charge in [-0.1, -0.05) is 48.5 Å². The molecule has 0 aliphatic carbocycles. The fraction of sp³-hybridized carbons (Fsp3) is 0.190. The van der Waals surface area contributed by atoms with Crippen LogP contribution in [-0.4, -0.2) is 19.7 Å². The van der Waals surface area contributed by atoms with Crippen molar-refractivity contribution in [1.82, 2.24) is 19.7 Å². The summed E-state index contributed by atoms with van der Waals surface area (Å²) in [6, 6.07) is 20.7. The van der Waals surface area contributed by atoms with Crippen molar-refractivity contribution < 1.29 is 0 Å². The highest BCUT2D eigenvalue weighted by Gasteiger charge is 2.14. The van der Waals surface area contributed by atoms with Gasteiger partial charge in [-0.25, -0.2) is 4.98 Å². The number of aromatic amines is 1. The third-order valence-corrected chi connectivity index (χ3v) is 4.71. The maximum Gasteiger partial charge on any atom is 0.151 e. The van der Waals surface area contributed by atoms with Crippen LogP contribution in [0, 0.1) is 18.3 Å². The first-order chi connectivity index (χ1) is 12.8. The third kappa shape index (κ3) is 2.98. The SMILES string of the molecule is Cc1c(C#N)c2ccccc2n1Cc1nc(CCc2ccccc2)n[nH]1. The fourth-order valence-electron chi connectivity index (χ4n) is 3.34. The fourth-order valence-corrected chi connectivity index (χ4v) is 3.34. The van der Waals surface area contributed by atoms with E-state index in [1.54, 1.807) is 0 Å². The van der Waals surface area contributed by atoms with Gasteiger partial charge in [0.2, 0.25) is 0 Å². The highest BCUT2D eigenvalue weighted by molar-refractivity contribution is 5.88. The highest BCUT2D eigenvalue weighted by Crippen LogP contribution is 2.25. The van der Waals surface area contributed by atoms with Gasteiger partial charge in [0, 0.05) is 23.0 Å². The lowest BCUT2D eigenvalue weighted by Gasteiger charge is -2.05. The Kier molecular flexibility index (Phi) is 4.24. The van der Waals surface area contributed by atoms with Gasteiger partial charge in [0.05, 0.1) is 12.1 Å². The van der Waals surface area contributed by atoms with Crippen molar-refractivity contribution >= 4 is 10.9 Å². The Hall–Kier alpha value is -3.39. The van der Waals surface area contributed by atoms with Gasteiger partial charge in [-0.3, -0.25) is 5.10 Å². The molecule has 2 heterocycles. The average Bonchev–Trinajstić information content (AvgIpc) is 3.24. The van der Waals surface area contributed by atoms with E-state index in [9.17, 15) is 5.26 Å². The summed E-state index contributed by atoms with van der Waals surface area (Å²) in [5.74, 6) is 1.62. The van der Waals surface area contributed by atoms with Crippen LogP contribution < -0.4 is 0 Å². The molecule has 0 amide bonds. The Balaban J connectivity index is 1.56. The maximum absolute atomic E-state index is 9.48. The molecule has 26 heavy (non-hydrogen) atoms. The first-order valence-electron chi connectivity index (χ1n) is 8.68. The van der Waals surface area contributed by atoms with Gasteiger partial charge >= 0.3 is 0 Å². The minimum Gasteiger partial charge on any atom is -0.336 e. The van der Waals surface area contributed by atoms with Gasteiger partial charge in [0.15, 0.2) is 5.82 Å². The van der Waals surface area contributed by atoms with Crippen molar-refractivity contribution in [2.24, 2.45) is 0 Å². The Bertz CT molecular complexity index is 1080. The van der Waals surface area contributed by atoms with Crippen molar-refractivity contribution in [3.8, 4) is 6.07 Å². The minimum atomic E-state index is 0.576. The summed E-state index contributed by atoms with van der Waals surface area (Å²) in [4.78, 5) is 4.63. The highest BCUT2D eigenvalue weighted by atomic mass is 15.2. The number of aryl methyl sites for hydroxylation is 2. The van der Waals surface area contributed by atoms with E-state index in [1.807, 2.05) is 49.4 Å². The van der Waals surface area contributed by atoms with Crippen molar-refractivity contribution in [2.45, 2.75) is 26.3 Å². The van der Waals surface area contributed by atoms with E-state index in [0.29, 0.717) is 6.54 Å². The summed E-state index contributed by atoms with van der Waals surface area (Å²) in [6.45, 7) is 2.55. The second-order valence-corrected chi connectivity index (χ2v) is 6.36. The Labute approximate surface area is 151 Å². The molecule has 2 aromatic carbocycles. The molecule has 0 bridgehead atoms. The quantitative estimate of drug-likeness (QED) is 0.600. The summed E-state index contributed by atoms with van der Waals surface area (Å²) in [5, 5.41) is 17.9. The van der Waals surface area contributed by atoms with Gasteiger partial charge in [-0.15, -0.1) is 0 Å². The number of aromatic nitrogens is 4. The van der Waals surface area contributed by atoms with Crippen LogP contribution in [0.15, 0.2) is 54.6 Å². The Morgan fingerprint density at radius 1 is 1.04 bits per heavy atom. The standard InChI is InChI=1S/C21H19N5/c1-15-18(13-22)17-9-5-6-10-19(17)26(15)14-21-23-20(24-25-21)12-11-16-7-3-2-4-8-16/h2-10H,11-12,14H2,1H3,(H,23,24,25). The molecule has 128 valence electrons. The zero-order valence-electron chi connectivity index (χ0n) is 14.6. The van der Waals surface area contributed by atoms with E-state index in [2.05, 4.69) is 38.0 Å². The number of benzene rings is 2. The van der Waals surface area contributed by atoms with Gasteiger partial charge in [0.1, 0.15) is 11.9 Å². The van der Waals surface area contributed by atoms with Crippen LogP contribution in [0.1, 0.15) is 28.5 Å². The molecule has 0 aliphatic rings. The summed E-state index contributed by atoms with van der Waals surface area (Å²) in [5.41, 5.74) is 4.01. The number of hydrogen-bond donors (Lipinski definition) is 1. The van der Waals surface area contributed by atoms with E-state index in [0.717, 1.165) is 46.7 Å². The predicted molar refractivity (Wildman–Crippen MR) is 101 cm³/mol. The molecule has 0 fully saturated rings. The number of H-pyrrole nitrogens is 1. The van der Waals surface area contributed by atoms with Crippen molar-refractivity contribution in [3.63, 3.8) is 0 Å². The monoisotopic (exact) mass is 341 g/mol. The minimum absolute atomic E-state index is 0.576. The van der Waals surface area contributed by atoms with E-state index in [4.69, 9.17) is 0 Å². The zero-order chi connectivity index (χ0) is 17.9. The van der Waals surface area contributed by atoms with Crippen molar-refractivity contribution in [2.75, 3.05) is 0 Å². The number of fused-ring (bicyclic) bond motifs is 1. The molecule has 5 nitrogen and oxygen atoms in total. The first kappa shape index (κ1) is 16.1. The van der Waals surface area contributed by atoms with Gasteiger partial charge < -0.3 is 4.57 Å². The topological polar surface area (TPSA) is 70.3 Å². The molecule has 4 aromatic rings. The first-order valence-corrected chi connectivity index (χ1v) is 8.68. The number of hydrogen-bond acceptors (Lipinski definition) is 3. The Morgan fingerprint density at radius 2 is 1.81 bits per heavy atom. The smallest absolute Gasteiger partial charge is 0.151 e. The van der Waals surface area contributed by atoms with E-state index < -0.39 is 0 Å². The molecule has 0 atom stereocenters. The molecule has 0 unspecified atom stereocenters. The third-order valence-electron chi connectivity index (χ3n) is 4.71. The van der Waals surface area contributed by atoms with E-state index >= 15 is 0 Å². The molecule has 2 aromatic heterocycles. The summed E-state index contributed by atoms with van der Waals surface area (Å²) in [6.07, 6.45) is 1.72. The predicted octanol–water partition coefficient (Wildman–Crippen LogP) is 3.77. The number of para-hydroxylation sites is 1. The van der Waals surface area contributed by atoms with Gasteiger partial charge in [-0.2, -0.15) is 10.4 Å². The molecular formula is C21H19N5. The molecule has 4 rings (SSSR count). The Morgan fingerprint density at radius 3 is 2.62 bits per heavy atom. The van der Waals surface area contributed by atoms with Gasteiger partial charge in [-0.05, 0) is 25.0 Å². The second-order valence-electron chi connectivity index (χ2n) is 6.36. The molecule has 0 saturated carbocycles. The molecule has 5 heteroatoms. The van der Waals surface area contributed by atoms with E-state index in [1.165, 1.54) is 5.56 Å². The molecule has 0 aliphatic heterocycles. The zero-order valence-corrected chi connectivity index (χ0v) is 14.6. The molecule has 1 N–H and O–H groups in total. The average molecular weight is 341 g/mol. The van der Waals surface area contributed by atoms with Crippen LogP contribution in [-0.2, 0) is 19.4 Å². The summed E-state index contributed by atoms with van der Waals surface area (Å²) in [7, 11) is 0. The van der Waals surface area contributed by atoms with Crippen LogP contribution >= 0.6 is 0 Å². The summed E-state index contributed by atoms with van der Waals surface area (Å²) >= 11 is 0. The maximum atomic E-state index is 9.48. The van der Waals surface area contributed by atoms with Gasteiger partial charge in [0.25, 0.3) is 0 Å². The number of nitrogens with one attached hydrogen (secondary N) is 1. The lowest BCUT2D eigenvalue weighted by Crippen LogP contribution is -2.04. The van der Waals surface area contributed by atoms with Crippen LogP contribution in [0.5, 0.6) is 0 Å². The molecular weight excluding hydrogens is 322 g/mol. The van der Waals surface area contributed by atoms with Crippen LogP contribution in [0.2, 0.25) is 0 Å². The molecule has 0 spiro atoms. The van der Waals surface area contributed by atoms with Crippen molar-refractivity contribution in [3.05, 3.63) is 83.1 Å². The van der Waals surface area contributed by atoms with Crippen molar-refractivity contribution in [1.29, 1.82) is 5.26 Å². The van der Waals surface area contributed by atoms with Crippen LogP contribution in [0.25, 0.3) is 10.9 Å². The molecule has 0 saturated heterocycles. The number of nitrogens with zero attached hydrogens (tertiary/aromatic N) is 4. The van der Waals surface area contributed by atoms with Crippen LogP contribution in [0.4, 0.5) is 0 Å².